The minimum absolute atomic E-state index is 0.555. The molecule has 2 aromatic rings. The van der Waals surface area contributed by atoms with E-state index in [-0.39, 0.29) is 0 Å². The maximum absolute atomic E-state index is 5.29. The highest BCUT2D eigenvalue weighted by Crippen LogP contribution is 2.18. The van der Waals surface area contributed by atoms with Crippen molar-refractivity contribution in [3.63, 3.8) is 0 Å². The van der Waals surface area contributed by atoms with Gasteiger partial charge in [0, 0.05) is 24.5 Å². The molecule has 2 heterocycles. The Morgan fingerprint density at radius 3 is 3.06 bits per heavy atom. The number of rotatable bonds is 5. The number of aromatic nitrogens is 4. The van der Waals surface area contributed by atoms with E-state index in [4.69, 9.17) is 12.2 Å². The van der Waals surface area contributed by atoms with Crippen LogP contribution in [0, 0.1) is 10.7 Å². The molecule has 6 heteroatoms. The quantitative estimate of drug-likeness (QED) is 0.855. The van der Waals surface area contributed by atoms with E-state index in [1.807, 2.05) is 28.5 Å². The van der Waals surface area contributed by atoms with Crippen LogP contribution in [0.4, 0.5) is 0 Å². The normalized spacial score (nSPS) is 12.6. The van der Waals surface area contributed by atoms with E-state index >= 15 is 0 Å². The monoisotopic (exact) mass is 280 g/mol. The topological polar surface area (TPSA) is 46.5 Å². The van der Waals surface area contributed by atoms with Crippen LogP contribution in [-0.4, -0.2) is 31.8 Å². The van der Waals surface area contributed by atoms with Crippen molar-refractivity contribution >= 4 is 24.0 Å². The summed E-state index contributed by atoms with van der Waals surface area (Å²) in [4.78, 5) is 4.12. The van der Waals surface area contributed by atoms with Crippen LogP contribution in [0.2, 0.25) is 0 Å². The fourth-order valence-corrected chi connectivity index (χ4v) is 2.73. The van der Waals surface area contributed by atoms with Crippen LogP contribution in [0.15, 0.2) is 24.5 Å². The highest BCUT2D eigenvalue weighted by molar-refractivity contribution is 7.98. The first-order valence-corrected chi connectivity index (χ1v) is 7.57. The van der Waals surface area contributed by atoms with Crippen molar-refractivity contribution in [2.45, 2.75) is 13.5 Å². The average molecular weight is 280 g/mol. The molecule has 1 N–H and O–H groups in total. The highest BCUT2D eigenvalue weighted by atomic mass is 32.2. The first kappa shape index (κ1) is 13.3. The van der Waals surface area contributed by atoms with Gasteiger partial charge in [0.1, 0.15) is 0 Å². The van der Waals surface area contributed by atoms with Crippen molar-refractivity contribution in [3.05, 3.63) is 29.3 Å². The molecule has 18 heavy (non-hydrogen) atoms. The van der Waals surface area contributed by atoms with Crippen LogP contribution in [0.25, 0.3) is 11.4 Å². The van der Waals surface area contributed by atoms with Crippen molar-refractivity contribution in [2.75, 3.05) is 12.0 Å². The highest BCUT2D eigenvalue weighted by Gasteiger charge is 2.11. The molecule has 2 rings (SSSR count). The lowest BCUT2D eigenvalue weighted by atomic mass is 10.2. The molecule has 0 fully saturated rings. The summed E-state index contributed by atoms with van der Waals surface area (Å²) in [6, 6.07) is 3.90. The lowest BCUT2D eigenvalue weighted by molar-refractivity contribution is 0.529. The summed E-state index contributed by atoms with van der Waals surface area (Å²) >= 11 is 7.14. The van der Waals surface area contributed by atoms with E-state index in [0.717, 1.165) is 23.7 Å². The molecule has 4 nitrogen and oxygen atoms in total. The predicted octanol–water partition coefficient (Wildman–Crippen LogP) is 3.00. The standard InChI is InChI=1S/C12H16N4S2/c1-9(8-18-2)7-16-11(14-15-12(16)17)10-4-3-5-13-6-10/h3-6,9H,7-8H2,1-2H3,(H,15,17). The molecular formula is C12H16N4S2. The van der Waals surface area contributed by atoms with E-state index in [1.165, 1.54) is 0 Å². The molecule has 1 unspecified atom stereocenters. The van der Waals surface area contributed by atoms with Gasteiger partial charge in [-0.25, -0.2) is 0 Å². The summed E-state index contributed by atoms with van der Waals surface area (Å²) in [5.41, 5.74) is 0.987. The summed E-state index contributed by atoms with van der Waals surface area (Å²) in [5, 5.41) is 7.16. The maximum atomic E-state index is 5.29. The van der Waals surface area contributed by atoms with Crippen LogP contribution in [-0.2, 0) is 6.54 Å². The molecule has 0 saturated carbocycles. The van der Waals surface area contributed by atoms with Gasteiger partial charge in [-0.05, 0) is 42.3 Å². The smallest absolute Gasteiger partial charge is 0.195 e. The summed E-state index contributed by atoms with van der Waals surface area (Å²) in [7, 11) is 0. The first-order chi connectivity index (χ1) is 8.72. The van der Waals surface area contributed by atoms with Gasteiger partial charge >= 0.3 is 0 Å². The van der Waals surface area contributed by atoms with Gasteiger partial charge in [0.25, 0.3) is 0 Å². The van der Waals surface area contributed by atoms with E-state index < -0.39 is 0 Å². The van der Waals surface area contributed by atoms with E-state index in [2.05, 4.69) is 28.4 Å². The molecule has 96 valence electrons. The Morgan fingerprint density at radius 1 is 1.56 bits per heavy atom. The van der Waals surface area contributed by atoms with Gasteiger partial charge in [-0.2, -0.15) is 16.9 Å². The number of nitrogens with one attached hydrogen (secondary N) is 1. The lowest BCUT2D eigenvalue weighted by Crippen LogP contribution is -2.11. The molecule has 0 aliphatic carbocycles. The molecule has 0 spiro atoms. The lowest BCUT2D eigenvalue weighted by Gasteiger charge is -2.12. The zero-order valence-corrected chi connectivity index (χ0v) is 12.1. The summed E-state index contributed by atoms with van der Waals surface area (Å²) in [6.45, 7) is 3.10. The van der Waals surface area contributed by atoms with Crippen LogP contribution in [0.3, 0.4) is 0 Å². The van der Waals surface area contributed by atoms with Gasteiger partial charge in [0.2, 0.25) is 0 Å². The second kappa shape index (κ2) is 6.15. The molecule has 0 aliphatic heterocycles. The molecule has 0 saturated heterocycles. The second-order valence-electron chi connectivity index (χ2n) is 4.27. The Kier molecular flexibility index (Phi) is 4.54. The van der Waals surface area contributed by atoms with E-state index in [9.17, 15) is 0 Å². The average Bonchev–Trinajstić information content (AvgIpc) is 2.73. The predicted molar refractivity (Wildman–Crippen MR) is 78.2 cm³/mol. The van der Waals surface area contributed by atoms with Gasteiger partial charge in [0.05, 0.1) is 0 Å². The first-order valence-electron chi connectivity index (χ1n) is 5.77. The third-order valence-electron chi connectivity index (χ3n) is 2.62. The number of thioether (sulfide) groups is 1. The summed E-state index contributed by atoms with van der Waals surface area (Å²) in [5.74, 6) is 2.53. The van der Waals surface area contributed by atoms with Crippen molar-refractivity contribution in [1.29, 1.82) is 0 Å². The zero-order valence-electron chi connectivity index (χ0n) is 10.5. The fourth-order valence-electron chi connectivity index (χ4n) is 1.85. The van der Waals surface area contributed by atoms with Crippen LogP contribution in [0.1, 0.15) is 6.92 Å². The summed E-state index contributed by atoms with van der Waals surface area (Å²) in [6.07, 6.45) is 5.68. The molecule has 0 bridgehead atoms. The number of H-pyrrole nitrogens is 1. The Bertz CT molecular complexity index is 547. The number of pyridine rings is 1. The van der Waals surface area contributed by atoms with Gasteiger partial charge in [-0.1, -0.05) is 6.92 Å². The Morgan fingerprint density at radius 2 is 2.39 bits per heavy atom. The van der Waals surface area contributed by atoms with Gasteiger partial charge in [-0.3, -0.25) is 14.6 Å². The van der Waals surface area contributed by atoms with Crippen molar-refractivity contribution in [1.82, 2.24) is 19.7 Å². The number of hydrogen-bond acceptors (Lipinski definition) is 4. The Labute approximate surface area is 116 Å². The third kappa shape index (κ3) is 3.00. The number of nitrogens with zero attached hydrogens (tertiary/aromatic N) is 3. The van der Waals surface area contributed by atoms with E-state index in [1.54, 1.807) is 12.4 Å². The second-order valence-corrected chi connectivity index (χ2v) is 5.56. The molecule has 0 aliphatic rings. The SMILES string of the molecule is CSCC(C)Cn1c(-c2cccnc2)n[nH]c1=S. The Hall–Kier alpha value is -1.14. The van der Waals surface area contributed by atoms with Gasteiger partial charge < -0.3 is 0 Å². The van der Waals surface area contributed by atoms with Crippen LogP contribution >= 0.6 is 24.0 Å². The minimum atomic E-state index is 0.555. The van der Waals surface area contributed by atoms with Crippen LogP contribution < -0.4 is 0 Å². The molecule has 1 atom stereocenters. The molecule has 0 aromatic carbocycles. The zero-order chi connectivity index (χ0) is 13.0. The van der Waals surface area contributed by atoms with E-state index in [0.29, 0.717) is 10.7 Å². The third-order valence-corrected chi connectivity index (χ3v) is 3.84. The van der Waals surface area contributed by atoms with Crippen molar-refractivity contribution in [3.8, 4) is 11.4 Å². The van der Waals surface area contributed by atoms with Gasteiger partial charge in [0.15, 0.2) is 10.6 Å². The molecular weight excluding hydrogens is 264 g/mol. The number of hydrogen-bond donors (Lipinski definition) is 1. The van der Waals surface area contributed by atoms with Crippen molar-refractivity contribution < 1.29 is 0 Å². The fraction of sp³-hybridized carbons (Fsp3) is 0.417. The molecule has 0 radical (unpaired) electrons. The minimum Gasteiger partial charge on any atom is -0.300 e. The molecule has 2 aromatic heterocycles. The maximum Gasteiger partial charge on any atom is 0.195 e. The number of aromatic amines is 1. The van der Waals surface area contributed by atoms with Crippen LogP contribution in [0.5, 0.6) is 0 Å². The van der Waals surface area contributed by atoms with Gasteiger partial charge in [-0.15, -0.1) is 0 Å². The largest absolute Gasteiger partial charge is 0.300 e. The summed E-state index contributed by atoms with van der Waals surface area (Å²) < 4.78 is 2.72. The molecule has 0 amide bonds. The Balaban J connectivity index is 2.31. The van der Waals surface area contributed by atoms with Crippen molar-refractivity contribution in [2.24, 2.45) is 5.92 Å².